The van der Waals surface area contributed by atoms with E-state index in [2.05, 4.69) is 20.8 Å². The molecule has 3 rings (SSSR count). The van der Waals surface area contributed by atoms with Gasteiger partial charge in [-0.05, 0) is 24.7 Å². The highest BCUT2D eigenvalue weighted by Crippen LogP contribution is 2.59. The first-order valence-corrected chi connectivity index (χ1v) is 6.01. The minimum atomic E-state index is -1.01. The molecule has 4 atom stereocenters. The minimum absolute atomic E-state index is 0.116. The summed E-state index contributed by atoms with van der Waals surface area (Å²) < 4.78 is 5.41. The first-order chi connectivity index (χ1) is 7.35. The summed E-state index contributed by atoms with van der Waals surface area (Å²) in [5, 5.41) is 10.8. The van der Waals surface area contributed by atoms with Crippen molar-refractivity contribution < 1.29 is 14.6 Å². The Balaban J connectivity index is 2.16. The molecule has 1 saturated carbocycles. The smallest absolute Gasteiger partial charge is 0.337 e. The number of rotatable bonds is 0. The van der Waals surface area contributed by atoms with Crippen LogP contribution >= 0.6 is 0 Å². The van der Waals surface area contributed by atoms with Crippen LogP contribution in [0.25, 0.3) is 0 Å². The summed E-state index contributed by atoms with van der Waals surface area (Å²) in [4.78, 5) is 11.8. The lowest BCUT2D eigenvalue weighted by atomic mass is 9.73. The second-order valence-electron chi connectivity index (χ2n) is 6.29. The van der Waals surface area contributed by atoms with Crippen LogP contribution in [0.2, 0.25) is 0 Å². The van der Waals surface area contributed by atoms with Gasteiger partial charge in [0.25, 0.3) is 0 Å². The fraction of sp³-hybridized carbons (Fsp3) is 0.769. The summed E-state index contributed by atoms with van der Waals surface area (Å²) >= 11 is 0. The van der Waals surface area contributed by atoms with Crippen molar-refractivity contribution in [1.82, 2.24) is 0 Å². The van der Waals surface area contributed by atoms with Gasteiger partial charge in [-0.15, -0.1) is 0 Å². The fourth-order valence-corrected chi connectivity index (χ4v) is 3.92. The van der Waals surface area contributed by atoms with Gasteiger partial charge in [0.2, 0.25) is 0 Å². The molecule has 2 fully saturated rings. The van der Waals surface area contributed by atoms with Crippen molar-refractivity contribution >= 4 is 5.97 Å². The molecule has 0 amide bonds. The number of ether oxygens (including phenoxy) is 1. The van der Waals surface area contributed by atoms with Crippen molar-refractivity contribution in [2.24, 2.45) is 17.3 Å². The molecule has 16 heavy (non-hydrogen) atoms. The van der Waals surface area contributed by atoms with Gasteiger partial charge < -0.3 is 9.84 Å². The van der Waals surface area contributed by atoms with E-state index < -0.39 is 5.60 Å². The van der Waals surface area contributed by atoms with Gasteiger partial charge in [0.15, 0.2) is 0 Å². The highest BCUT2D eigenvalue weighted by molar-refractivity contribution is 5.94. The summed E-state index contributed by atoms with van der Waals surface area (Å²) in [5.74, 6) is 0.228. The highest BCUT2D eigenvalue weighted by Gasteiger charge is 2.68. The molecule has 0 aromatic rings. The maximum Gasteiger partial charge on any atom is 0.337 e. The van der Waals surface area contributed by atoms with Crippen molar-refractivity contribution in [3.8, 4) is 0 Å². The zero-order chi connectivity index (χ0) is 11.7. The van der Waals surface area contributed by atoms with Crippen LogP contribution in [0.3, 0.4) is 0 Å². The second kappa shape index (κ2) is 2.70. The molecule has 3 aliphatic rings. The molecule has 2 aliphatic carbocycles. The van der Waals surface area contributed by atoms with Crippen LogP contribution in [0.15, 0.2) is 11.6 Å². The predicted molar refractivity (Wildman–Crippen MR) is 58.6 cm³/mol. The van der Waals surface area contributed by atoms with Gasteiger partial charge in [0.1, 0.15) is 11.7 Å². The van der Waals surface area contributed by atoms with E-state index in [1.807, 2.05) is 6.08 Å². The van der Waals surface area contributed by atoms with E-state index in [4.69, 9.17) is 4.74 Å². The Labute approximate surface area is 95.5 Å². The SMILES string of the molecule is C[C@H]1C=C2C(=O)OC3C(C)(C)C[C@H](C1)[C@]23O. The average molecular weight is 222 g/mol. The lowest BCUT2D eigenvalue weighted by Crippen LogP contribution is -2.46. The fourth-order valence-electron chi connectivity index (χ4n) is 3.92. The minimum Gasteiger partial charge on any atom is -0.455 e. The number of hydrogen-bond donors (Lipinski definition) is 1. The highest BCUT2D eigenvalue weighted by atomic mass is 16.6. The molecule has 88 valence electrons. The number of carbonyl (C=O) groups excluding carboxylic acids is 1. The summed E-state index contributed by atoms with van der Waals surface area (Å²) in [7, 11) is 0. The number of esters is 1. The van der Waals surface area contributed by atoms with E-state index in [1.54, 1.807) is 0 Å². The van der Waals surface area contributed by atoms with Crippen molar-refractivity contribution in [2.45, 2.75) is 45.3 Å². The molecule has 1 heterocycles. The Morgan fingerprint density at radius 1 is 1.50 bits per heavy atom. The number of hydrogen-bond acceptors (Lipinski definition) is 3. The molecule has 0 bridgehead atoms. The third kappa shape index (κ3) is 1.000. The first kappa shape index (κ1) is 10.3. The molecule has 3 nitrogen and oxygen atoms in total. The number of allylic oxidation sites excluding steroid dienone is 1. The zero-order valence-corrected chi connectivity index (χ0v) is 9.99. The Morgan fingerprint density at radius 3 is 2.88 bits per heavy atom. The summed E-state index contributed by atoms with van der Waals surface area (Å²) in [6.45, 7) is 6.25. The van der Waals surface area contributed by atoms with Crippen molar-refractivity contribution in [3.63, 3.8) is 0 Å². The number of aliphatic hydroxyl groups is 1. The summed E-state index contributed by atoms with van der Waals surface area (Å²) in [6.07, 6.45) is 3.44. The van der Waals surface area contributed by atoms with Gasteiger partial charge in [-0.1, -0.05) is 26.8 Å². The van der Waals surface area contributed by atoms with Crippen LogP contribution in [-0.4, -0.2) is 22.8 Å². The maximum atomic E-state index is 11.8. The van der Waals surface area contributed by atoms with Crippen molar-refractivity contribution in [1.29, 1.82) is 0 Å². The number of carbonyl (C=O) groups is 1. The molecular formula is C13H18O3. The second-order valence-corrected chi connectivity index (χ2v) is 6.29. The van der Waals surface area contributed by atoms with E-state index in [-0.39, 0.29) is 23.4 Å². The normalized spacial score (nSPS) is 48.6. The third-order valence-electron chi connectivity index (χ3n) is 4.49. The molecular weight excluding hydrogens is 204 g/mol. The van der Waals surface area contributed by atoms with Crippen LogP contribution in [-0.2, 0) is 9.53 Å². The van der Waals surface area contributed by atoms with E-state index in [0.29, 0.717) is 11.5 Å². The first-order valence-electron chi connectivity index (χ1n) is 6.01. The van der Waals surface area contributed by atoms with Gasteiger partial charge in [-0.3, -0.25) is 0 Å². The molecule has 0 spiro atoms. The Morgan fingerprint density at radius 2 is 2.19 bits per heavy atom. The predicted octanol–water partition coefficient (Wildman–Crippen LogP) is 1.66. The van der Waals surface area contributed by atoms with E-state index in [0.717, 1.165) is 12.8 Å². The molecule has 1 saturated heterocycles. The van der Waals surface area contributed by atoms with Crippen LogP contribution in [0.4, 0.5) is 0 Å². The zero-order valence-electron chi connectivity index (χ0n) is 9.99. The van der Waals surface area contributed by atoms with Gasteiger partial charge >= 0.3 is 5.97 Å². The molecule has 1 unspecified atom stereocenters. The average Bonchev–Trinajstić information content (AvgIpc) is 2.51. The summed E-state index contributed by atoms with van der Waals surface area (Å²) in [6, 6.07) is 0. The van der Waals surface area contributed by atoms with Crippen LogP contribution in [0, 0.1) is 17.3 Å². The molecule has 0 aromatic heterocycles. The van der Waals surface area contributed by atoms with Crippen molar-refractivity contribution in [2.75, 3.05) is 0 Å². The summed E-state index contributed by atoms with van der Waals surface area (Å²) in [5.41, 5.74) is -0.603. The van der Waals surface area contributed by atoms with Crippen LogP contribution < -0.4 is 0 Å². The van der Waals surface area contributed by atoms with Gasteiger partial charge in [0, 0.05) is 5.41 Å². The van der Waals surface area contributed by atoms with Crippen LogP contribution in [0.1, 0.15) is 33.6 Å². The van der Waals surface area contributed by atoms with E-state index in [9.17, 15) is 9.90 Å². The quantitative estimate of drug-likeness (QED) is 0.634. The molecule has 0 aromatic carbocycles. The van der Waals surface area contributed by atoms with E-state index >= 15 is 0 Å². The molecule has 3 heteroatoms. The monoisotopic (exact) mass is 222 g/mol. The maximum absolute atomic E-state index is 11.8. The van der Waals surface area contributed by atoms with Gasteiger partial charge in [0.05, 0.1) is 5.57 Å². The van der Waals surface area contributed by atoms with Gasteiger partial charge in [-0.25, -0.2) is 4.79 Å². The molecule has 1 aliphatic heterocycles. The molecule has 0 radical (unpaired) electrons. The van der Waals surface area contributed by atoms with Crippen molar-refractivity contribution in [3.05, 3.63) is 11.6 Å². The Bertz CT molecular complexity index is 396. The largest absolute Gasteiger partial charge is 0.455 e. The topological polar surface area (TPSA) is 46.5 Å². The lowest BCUT2D eigenvalue weighted by molar-refractivity contribution is -0.145. The molecule has 1 N–H and O–H groups in total. The van der Waals surface area contributed by atoms with Gasteiger partial charge in [-0.2, -0.15) is 0 Å². The lowest BCUT2D eigenvalue weighted by Gasteiger charge is -2.34. The Hall–Kier alpha value is -0.830. The Kier molecular flexibility index (Phi) is 1.74. The van der Waals surface area contributed by atoms with E-state index in [1.165, 1.54) is 0 Å². The standard InChI is InChI=1S/C13H18O3/c1-7-4-8-6-12(2,3)11-13(8,15)9(5-7)10(14)16-11/h5,7-8,11,15H,4,6H2,1-3H3/t7-,8+,11?,13+/m1/s1. The van der Waals surface area contributed by atoms with Crippen LogP contribution in [0.5, 0.6) is 0 Å². The third-order valence-corrected chi connectivity index (χ3v) is 4.49.